The Morgan fingerprint density at radius 1 is 1.38 bits per heavy atom. The number of hydrogen-bond acceptors (Lipinski definition) is 3. The van der Waals surface area contributed by atoms with Crippen LogP contribution in [-0.2, 0) is 4.79 Å². The van der Waals surface area contributed by atoms with Gasteiger partial charge in [-0.05, 0) is 24.3 Å². The van der Waals surface area contributed by atoms with E-state index in [0.717, 1.165) is 17.7 Å². The highest BCUT2D eigenvalue weighted by atomic mass is 16.5. The quantitative estimate of drug-likeness (QED) is 0.559. The summed E-state index contributed by atoms with van der Waals surface area (Å²) >= 11 is 0. The Morgan fingerprint density at radius 3 is 2.15 bits per heavy atom. The Labute approximate surface area is 78.5 Å². The van der Waals surface area contributed by atoms with Crippen molar-refractivity contribution >= 4 is 12.0 Å². The predicted molar refractivity (Wildman–Crippen MR) is 53.8 cm³/mol. The van der Waals surface area contributed by atoms with E-state index in [1.54, 1.807) is 19.2 Å². The Kier molecular flexibility index (Phi) is 6.32. The summed E-state index contributed by atoms with van der Waals surface area (Å²) in [5, 5.41) is 0. The molecule has 0 amide bonds. The molecule has 0 bridgehead atoms. The molecule has 3 nitrogen and oxygen atoms in total. The molecule has 0 aromatic heterocycles. The number of anilines is 1. The van der Waals surface area contributed by atoms with Crippen LogP contribution < -0.4 is 10.5 Å². The summed E-state index contributed by atoms with van der Waals surface area (Å²) in [5.41, 5.74) is 6.19. The first-order valence-electron chi connectivity index (χ1n) is 4.07. The van der Waals surface area contributed by atoms with E-state index in [9.17, 15) is 4.79 Å². The molecule has 0 spiro atoms. The van der Waals surface area contributed by atoms with Crippen LogP contribution in [0, 0.1) is 0 Å². The summed E-state index contributed by atoms with van der Waals surface area (Å²) in [6.07, 6.45) is 1.51. The van der Waals surface area contributed by atoms with Gasteiger partial charge in [0.2, 0.25) is 0 Å². The van der Waals surface area contributed by atoms with Crippen molar-refractivity contribution in [3.63, 3.8) is 0 Å². The fourth-order valence-electron chi connectivity index (χ4n) is 0.604. The number of carbonyl (C=O) groups is 1. The van der Waals surface area contributed by atoms with Gasteiger partial charge in [-0.2, -0.15) is 0 Å². The highest BCUT2D eigenvalue weighted by Crippen LogP contribution is 2.11. The molecule has 2 N–H and O–H groups in total. The second kappa shape index (κ2) is 7.16. The first-order chi connectivity index (χ1) is 6.24. The average Bonchev–Trinajstić information content (AvgIpc) is 2.19. The molecule has 1 aromatic rings. The van der Waals surface area contributed by atoms with Gasteiger partial charge in [0, 0.05) is 12.1 Å². The van der Waals surface area contributed by atoms with E-state index in [1.807, 2.05) is 19.1 Å². The number of ether oxygens (including phenoxy) is 1. The lowest BCUT2D eigenvalue weighted by atomic mass is 10.3. The zero-order chi connectivity index (χ0) is 10.1. The van der Waals surface area contributed by atoms with Crippen LogP contribution in [0.1, 0.15) is 13.3 Å². The van der Waals surface area contributed by atoms with Crippen LogP contribution in [0.2, 0.25) is 0 Å². The number of nitrogens with two attached hydrogens (primary N) is 1. The lowest BCUT2D eigenvalue weighted by Crippen LogP contribution is -1.84. The van der Waals surface area contributed by atoms with Crippen LogP contribution in [0.5, 0.6) is 5.75 Å². The monoisotopic (exact) mass is 181 g/mol. The second-order valence-corrected chi connectivity index (χ2v) is 2.35. The summed E-state index contributed by atoms with van der Waals surface area (Å²) in [4.78, 5) is 9.17. The van der Waals surface area contributed by atoms with E-state index >= 15 is 0 Å². The van der Waals surface area contributed by atoms with Crippen molar-refractivity contribution in [1.29, 1.82) is 0 Å². The van der Waals surface area contributed by atoms with Gasteiger partial charge in [0.1, 0.15) is 12.0 Å². The third-order valence-corrected chi connectivity index (χ3v) is 1.28. The Morgan fingerprint density at radius 2 is 1.85 bits per heavy atom. The first-order valence-corrected chi connectivity index (χ1v) is 4.07. The fraction of sp³-hybridized carbons (Fsp3) is 0.300. The average molecular weight is 181 g/mol. The number of aldehydes is 1. The van der Waals surface area contributed by atoms with Crippen molar-refractivity contribution in [2.75, 3.05) is 12.8 Å². The van der Waals surface area contributed by atoms with Crippen LogP contribution >= 0.6 is 0 Å². The number of rotatable bonds is 2. The molecule has 13 heavy (non-hydrogen) atoms. The molecular formula is C10H15NO2. The van der Waals surface area contributed by atoms with Crippen molar-refractivity contribution in [3.8, 4) is 5.75 Å². The zero-order valence-electron chi connectivity index (χ0n) is 7.99. The van der Waals surface area contributed by atoms with Crippen LogP contribution in [0.15, 0.2) is 24.3 Å². The number of benzene rings is 1. The van der Waals surface area contributed by atoms with Gasteiger partial charge in [-0.1, -0.05) is 6.92 Å². The van der Waals surface area contributed by atoms with E-state index in [-0.39, 0.29) is 0 Å². The van der Waals surface area contributed by atoms with E-state index in [2.05, 4.69) is 0 Å². The maximum Gasteiger partial charge on any atom is 0.119 e. The largest absolute Gasteiger partial charge is 0.497 e. The Balaban J connectivity index is 0.000000310. The number of carbonyl (C=O) groups excluding carboxylic acids is 1. The summed E-state index contributed by atoms with van der Waals surface area (Å²) in [6, 6.07) is 7.27. The molecule has 0 aliphatic rings. The minimum absolute atomic E-state index is 0.639. The van der Waals surface area contributed by atoms with Crippen molar-refractivity contribution in [2.45, 2.75) is 13.3 Å². The van der Waals surface area contributed by atoms with E-state index in [4.69, 9.17) is 10.5 Å². The van der Waals surface area contributed by atoms with Gasteiger partial charge in [-0.3, -0.25) is 0 Å². The number of methoxy groups -OCH3 is 1. The van der Waals surface area contributed by atoms with Crippen LogP contribution in [0.25, 0.3) is 0 Å². The minimum atomic E-state index is 0.639. The van der Waals surface area contributed by atoms with Gasteiger partial charge in [0.05, 0.1) is 7.11 Å². The van der Waals surface area contributed by atoms with Crippen molar-refractivity contribution in [3.05, 3.63) is 24.3 Å². The highest BCUT2D eigenvalue weighted by molar-refractivity contribution is 5.48. The molecule has 1 aromatic carbocycles. The van der Waals surface area contributed by atoms with Gasteiger partial charge in [-0.25, -0.2) is 0 Å². The lowest BCUT2D eigenvalue weighted by molar-refractivity contribution is -0.107. The Bertz CT molecular complexity index is 231. The normalized spacial score (nSPS) is 8.15. The Hall–Kier alpha value is -1.51. The van der Waals surface area contributed by atoms with E-state index in [1.165, 1.54) is 0 Å². The molecule has 0 saturated carbocycles. The van der Waals surface area contributed by atoms with Crippen molar-refractivity contribution < 1.29 is 9.53 Å². The van der Waals surface area contributed by atoms with Crippen LogP contribution in [-0.4, -0.2) is 13.4 Å². The molecule has 0 saturated heterocycles. The van der Waals surface area contributed by atoms with E-state index in [0.29, 0.717) is 6.42 Å². The molecule has 72 valence electrons. The third kappa shape index (κ3) is 5.73. The van der Waals surface area contributed by atoms with Gasteiger partial charge in [0.15, 0.2) is 0 Å². The molecule has 0 unspecified atom stereocenters. The molecule has 0 atom stereocenters. The second-order valence-electron chi connectivity index (χ2n) is 2.35. The molecule has 0 aliphatic carbocycles. The predicted octanol–water partition coefficient (Wildman–Crippen LogP) is 1.87. The molecular weight excluding hydrogens is 166 g/mol. The summed E-state index contributed by atoms with van der Waals surface area (Å²) in [5.74, 6) is 0.837. The van der Waals surface area contributed by atoms with Crippen LogP contribution in [0.3, 0.4) is 0 Å². The maximum atomic E-state index is 9.17. The summed E-state index contributed by atoms with van der Waals surface area (Å²) < 4.78 is 4.91. The molecule has 0 fully saturated rings. The van der Waals surface area contributed by atoms with Gasteiger partial charge in [-0.15, -0.1) is 0 Å². The molecule has 0 heterocycles. The summed E-state index contributed by atoms with van der Waals surface area (Å²) in [6.45, 7) is 1.81. The van der Waals surface area contributed by atoms with Gasteiger partial charge < -0.3 is 15.3 Å². The number of hydrogen-bond donors (Lipinski definition) is 1. The topological polar surface area (TPSA) is 52.3 Å². The molecule has 0 radical (unpaired) electrons. The molecule has 0 aliphatic heterocycles. The first kappa shape index (κ1) is 11.5. The zero-order valence-corrected chi connectivity index (χ0v) is 7.99. The van der Waals surface area contributed by atoms with Crippen LogP contribution in [0.4, 0.5) is 5.69 Å². The fourth-order valence-corrected chi connectivity index (χ4v) is 0.604. The smallest absolute Gasteiger partial charge is 0.119 e. The van der Waals surface area contributed by atoms with Gasteiger partial charge >= 0.3 is 0 Å². The minimum Gasteiger partial charge on any atom is -0.497 e. The van der Waals surface area contributed by atoms with Crippen molar-refractivity contribution in [2.24, 2.45) is 0 Å². The third-order valence-electron chi connectivity index (χ3n) is 1.28. The number of nitrogen functional groups attached to an aromatic ring is 1. The lowest BCUT2D eigenvalue weighted by Gasteiger charge is -1.97. The SMILES string of the molecule is CCC=O.COc1ccc(N)cc1. The molecule has 3 heteroatoms. The highest BCUT2D eigenvalue weighted by Gasteiger charge is 1.86. The standard InChI is InChI=1S/C7H9NO.C3H6O/c1-9-7-4-2-6(8)3-5-7;1-2-3-4/h2-5H,8H2,1H3;3H,2H2,1H3. The maximum absolute atomic E-state index is 9.17. The summed E-state index contributed by atoms with van der Waals surface area (Å²) in [7, 11) is 1.63. The van der Waals surface area contributed by atoms with E-state index < -0.39 is 0 Å². The van der Waals surface area contributed by atoms with Gasteiger partial charge in [0.25, 0.3) is 0 Å². The molecule has 1 rings (SSSR count). The van der Waals surface area contributed by atoms with Crippen molar-refractivity contribution in [1.82, 2.24) is 0 Å².